The van der Waals surface area contributed by atoms with Crippen molar-refractivity contribution < 1.29 is 45.6 Å². The van der Waals surface area contributed by atoms with Gasteiger partial charge in [-0.25, -0.2) is 0 Å². The van der Waals surface area contributed by atoms with Crippen LogP contribution in [0.25, 0.3) is 0 Å². The van der Waals surface area contributed by atoms with Crippen LogP contribution in [0.15, 0.2) is 0 Å². The Bertz CT molecular complexity index is 437. The lowest BCUT2D eigenvalue weighted by atomic mass is 10.0. The third-order valence-corrected chi connectivity index (χ3v) is 3.17. The first kappa shape index (κ1) is 19.7. The summed E-state index contributed by atoms with van der Waals surface area (Å²) in [5, 5.41) is 37.6. The van der Waals surface area contributed by atoms with Gasteiger partial charge in [0.15, 0.2) is 0 Å². The second-order valence-corrected chi connectivity index (χ2v) is 7.38. The minimum absolute atomic E-state index is 0.720. The lowest BCUT2D eigenvalue weighted by Gasteiger charge is -2.25. The molecule has 0 aromatic carbocycles. The molecule has 0 aliphatic carbocycles. The monoisotopic (exact) mass is 338 g/mol. The fraction of sp³-hybridized carbons (Fsp3) is 1.00. The largest absolute Gasteiger partial charge is 0.388 e. The zero-order valence-electron chi connectivity index (χ0n) is 10.8. The predicted octanol–water partition coefficient (Wildman–Crippen LogP) is -3.62. The maximum atomic E-state index is 10.7. The molecule has 20 heavy (non-hydrogen) atoms. The normalized spacial score (nSPS) is 19.3. The van der Waals surface area contributed by atoms with Crippen LogP contribution in [-0.4, -0.2) is 87.4 Å². The highest BCUT2D eigenvalue weighted by Gasteiger charge is 2.31. The summed E-state index contributed by atoms with van der Waals surface area (Å²) in [6.45, 7) is -1.67. The summed E-state index contributed by atoms with van der Waals surface area (Å²) in [5.74, 6) is 0. The van der Waals surface area contributed by atoms with Crippen molar-refractivity contribution in [3.63, 3.8) is 0 Å². The van der Waals surface area contributed by atoms with Crippen LogP contribution in [0.4, 0.5) is 0 Å². The van der Waals surface area contributed by atoms with Crippen molar-refractivity contribution in [2.45, 2.75) is 24.4 Å². The Balaban J connectivity index is 4.41. The van der Waals surface area contributed by atoms with Gasteiger partial charge in [-0.15, -0.1) is 0 Å². The summed E-state index contributed by atoms with van der Waals surface area (Å²) < 4.78 is 51.0. The van der Waals surface area contributed by atoms with Gasteiger partial charge in [-0.05, 0) is 0 Å². The maximum absolute atomic E-state index is 10.7. The van der Waals surface area contributed by atoms with Crippen LogP contribution in [0, 0.1) is 0 Å². The molecular weight excluding hydrogens is 320 g/mol. The summed E-state index contributed by atoms with van der Waals surface area (Å²) >= 11 is 0. The van der Waals surface area contributed by atoms with Gasteiger partial charge >= 0.3 is 0 Å². The quantitative estimate of drug-likeness (QED) is 0.308. The number of aliphatic hydroxyl groups is 4. The van der Waals surface area contributed by atoms with Crippen LogP contribution in [-0.2, 0) is 28.6 Å². The van der Waals surface area contributed by atoms with Crippen LogP contribution in [0.5, 0.6) is 0 Å². The Hall–Kier alpha value is -0.340. The average molecular weight is 338 g/mol. The summed E-state index contributed by atoms with van der Waals surface area (Å²) in [5.41, 5.74) is 0. The van der Waals surface area contributed by atoms with E-state index in [1.807, 2.05) is 0 Å². The highest BCUT2D eigenvalue weighted by Crippen LogP contribution is 2.08. The molecule has 4 atom stereocenters. The van der Waals surface area contributed by atoms with E-state index in [4.69, 9.17) is 0 Å². The topological polar surface area (TPSA) is 168 Å². The van der Waals surface area contributed by atoms with Gasteiger partial charge in [-0.3, -0.25) is 8.37 Å². The Labute approximate surface area is 116 Å². The van der Waals surface area contributed by atoms with Gasteiger partial charge in [0.05, 0.1) is 25.7 Å². The van der Waals surface area contributed by atoms with Gasteiger partial charge in [-0.1, -0.05) is 0 Å². The van der Waals surface area contributed by atoms with Crippen LogP contribution < -0.4 is 0 Å². The first-order valence-corrected chi connectivity index (χ1v) is 8.88. The van der Waals surface area contributed by atoms with Gasteiger partial charge in [0, 0.05) is 0 Å². The molecule has 0 bridgehead atoms. The molecular formula is C8H18O10S2. The fourth-order valence-corrected chi connectivity index (χ4v) is 1.81. The number of hydrogen-bond acceptors (Lipinski definition) is 10. The van der Waals surface area contributed by atoms with E-state index in [1.54, 1.807) is 0 Å². The molecule has 4 N–H and O–H groups in total. The Morgan fingerprint density at radius 2 is 1.00 bits per heavy atom. The molecule has 0 saturated heterocycles. The summed E-state index contributed by atoms with van der Waals surface area (Å²) in [6.07, 6.45) is -6.11. The van der Waals surface area contributed by atoms with Gasteiger partial charge < -0.3 is 20.4 Å². The first-order valence-electron chi connectivity index (χ1n) is 5.24. The van der Waals surface area contributed by atoms with Gasteiger partial charge in [0.25, 0.3) is 20.2 Å². The second-order valence-electron chi connectivity index (χ2n) is 4.09. The molecule has 0 aromatic heterocycles. The smallest absolute Gasteiger partial charge is 0.264 e. The number of aliphatic hydroxyl groups excluding tert-OH is 4. The molecule has 0 fully saturated rings. The molecule has 0 radical (unpaired) electrons. The molecule has 10 nitrogen and oxygen atoms in total. The Morgan fingerprint density at radius 3 is 1.20 bits per heavy atom. The molecule has 0 amide bonds. The average Bonchev–Trinajstić information content (AvgIpc) is 2.29. The third-order valence-electron chi connectivity index (χ3n) is 2.04. The molecule has 0 aliphatic heterocycles. The molecule has 0 spiro atoms. The van der Waals surface area contributed by atoms with E-state index in [2.05, 4.69) is 8.37 Å². The zero-order chi connectivity index (χ0) is 16.1. The van der Waals surface area contributed by atoms with E-state index >= 15 is 0 Å². The zero-order valence-corrected chi connectivity index (χ0v) is 12.4. The third kappa shape index (κ3) is 8.76. The van der Waals surface area contributed by atoms with Gasteiger partial charge in [-0.2, -0.15) is 16.8 Å². The predicted molar refractivity (Wildman–Crippen MR) is 65.6 cm³/mol. The number of rotatable bonds is 9. The van der Waals surface area contributed by atoms with E-state index in [-0.39, 0.29) is 0 Å². The molecule has 12 heteroatoms. The molecule has 0 aromatic rings. The van der Waals surface area contributed by atoms with Crippen LogP contribution >= 0.6 is 0 Å². The number of hydrogen-bond donors (Lipinski definition) is 4. The standard InChI is InChI=1S/C8H18O10S2/c1-19(13,14)17-3-5(9)7(11)8(12)6(10)4-18-20(2,15)16/h5-12H,3-4H2,1-2H3/t5-,6+,7-,8-/m1/s1. The molecule has 122 valence electrons. The maximum Gasteiger partial charge on any atom is 0.264 e. The second kappa shape index (κ2) is 7.61. The van der Waals surface area contributed by atoms with E-state index in [1.165, 1.54) is 0 Å². The molecule has 0 unspecified atom stereocenters. The molecule has 0 aliphatic rings. The van der Waals surface area contributed by atoms with E-state index < -0.39 is 57.9 Å². The first-order chi connectivity index (χ1) is 8.83. The SMILES string of the molecule is CS(=O)(=O)OC[C@@H](O)[C@@H](O)[C@H](O)[C@@H](O)COS(C)(=O)=O. The van der Waals surface area contributed by atoms with Gasteiger partial charge in [0.1, 0.15) is 24.4 Å². The Morgan fingerprint density at radius 1 is 0.750 bits per heavy atom. The van der Waals surface area contributed by atoms with Crippen molar-refractivity contribution in [3.8, 4) is 0 Å². The van der Waals surface area contributed by atoms with Crippen molar-refractivity contribution in [2.75, 3.05) is 25.7 Å². The highest BCUT2D eigenvalue weighted by atomic mass is 32.2. The molecule has 0 rings (SSSR count). The van der Waals surface area contributed by atoms with Crippen LogP contribution in [0.3, 0.4) is 0 Å². The van der Waals surface area contributed by atoms with E-state index in [9.17, 15) is 37.3 Å². The van der Waals surface area contributed by atoms with E-state index in [0.717, 1.165) is 12.5 Å². The minimum Gasteiger partial charge on any atom is -0.388 e. The molecule has 0 heterocycles. The summed E-state index contributed by atoms with van der Waals surface area (Å²) in [6, 6.07) is 0. The fourth-order valence-electron chi connectivity index (χ4n) is 1.04. The summed E-state index contributed by atoms with van der Waals surface area (Å²) in [7, 11) is -7.69. The lowest BCUT2D eigenvalue weighted by molar-refractivity contribution is -0.118. The van der Waals surface area contributed by atoms with Crippen molar-refractivity contribution in [1.82, 2.24) is 0 Å². The molecule has 0 saturated carbocycles. The minimum atomic E-state index is -3.85. The van der Waals surface area contributed by atoms with Crippen molar-refractivity contribution in [2.24, 2.45) is 0 Å². The van der Waals surface area contributed by atoms with Crippen molar-refractivity contribution in [1.29, 1.82) is 0 Å². The van der Waals surface area contributed by atoms with Gasteiger partial charge in [0.2, 0.25) is 0 Å². The summed E-state index contributed by atoms with van der Waals surface area (Å²) in [4.78, 5) is 0. The Kier molecular flexibility index (Phi) is 7.48. The van der Waals surface area contributed by atoms with Crippen molar-refractivity contribution >= 4 is 20.2 Å². The highest BCUT2D eigenvalue weighted by molar-refractivity contribution is 7.86. The van der Waals surface area contributed by atoms with Crippen LogP contribution in [0.1, 0.15) is 0 Å². The van der Waals surface area contributed by atoms with Crippen LogP contribution in [0.2, 0.25) is 0 Å². The van der Waals surface area contributed by atoms with E-state index in [0.29, 0.717) is 0 Å². The van der Waals surface area contributed by atoms with Crippen molar-refractivity contribution in [3.05, 3.63) is 0 Å². The lowest BCUT2D eigenvalue weighted by Crippen LogP contribution is -2.48.